The van der Waals surface area contributed by atoms with E-state index in [9.17, 15) is 23.2 Å². The van der Waals surface area contributed by atoms with Crippen LogP contribution in [0.1, 0.15) is 52.6 Å². The van der Waals surface area contributed by atoms with Gasteiger partial charge in [-0.25, -0.2) is 13.3 Å². The number of carbonyl (C=O) groups is 2. The Morgan fingerprint density at radius 1 is 0.971 bits per heavy atom. The van der Waals surface area contributed by atoms with E-state index in [-0.39, 0.29) is 37.8 Å². The number of nitrogens with one attached hydrogen (secondary N) is 1. The average molecular weight is 500 g/mol. The first kappa shape index (κ1) is 23.7. The summed E-state index contributed by atoms with van der Waals surface area (Å²) in [6, 6.07) is 10.6. The third-order valence-electron chi connectivity index (χ3n) is 5.49. The van der Waals surface area contributed by atoms with Crippen LogP contribution in [0.2, 0.25) is 5.02 Å². The van der Waals surface area contributed by atoms with Gasteiger partial charge in [0.25, 0.3) is 21.8 Å². The monoisotopic (exact) mass is 499 g/mol. The highest BCUT2D eigenvalue weighted by Gasteiger charge is 2.42. The van der Waals surface area contributed by atoms with Crippen molar-refractivity contribution in [3.05, 3.63) is 87.3 Å². The van der Waals surface area contributed by atoms with Crippen LogP contribution in [0.25, 0.3) is 0 Å². The molecule has 2 aromatic carbocycles. The van der Waals surface area contributed by atoms with Crippen LogP contribution in [0.3, 0.4) is 0 Å². The Hall–Kier alpha value is -3.43. The summed E-state index contributed by atoms with van der Waals surface area (Å²) in [5, 5.41) is 11.9. The SMILES string of the molecule is Cc1cc(N2C(=O)c3c(Cl)ccc(NS(=O)(=O)c4ccc(C(C)(C)C)cc4)c3C2=O)c[n+]([O-])c1. The minimum Gasteiger partial charge on any atom is -0.619 e. The highest BCUT2D eigenvalue weighted by atomic mass is 35.5. The van der Waals surface area contributed by atoms with Gasteiger partial charge in [-0.3, -0.25) is 14.3 Å². The first-order valence-corrected chi connectivity index (χ1v) is 12.2. The lowest BCUT2D eigenvalue weighted by molar-refractivity contribution is -0.605. The second kappa shape index (κ2) is 8.11. The van der Waals surface area contributed by atoms with Crippen molar-refractivity contribution in [3.8, 4) is 0 Å². The number of nitrogens with zero attached hydrogens (tertiary/aromatic N) is 2. The maximum atomic E-state index is 13.3. The number of pyridine rings is 1. The molecule has 0 radical (unpaired) electrons. The molecule has 34 heavy (non-hydrogen) atoms. The standard InChI is InChI=1S/C24H22ClN3O5S/c1-14-11-16(13-27(31)12-14)28-22(29)20-18(25)9-10-19(21(20)23(28)30)26-34(32,33)17-7-5-15(6-8-17)24(2,3)4/h5-13,26H,1-4H3. The number of anilines is 2. The molecule has 1 N–H and O–H groups in total. The number of halogens is 1. The maximum absolute atomic E-state index is 13.3. The number of benzene rings is 2. The van der Waals surface area contributed by atoms with Gasteiger partial charge in [0, 0.05) is 5.56 Å². The topological polar surface area (TPSA) is 110 Å². The molecule has 2 heterocycles. The Morgan fingerprint density at radius 2 is 1.59 bits per heavy atom. The van der Waals surface area contributed by atoms with Crippen molar-refractivity contribution >= 4 is 44.8 Å². The zero-order chi connectivity index (χ0) is 25.0. The molecular formula is C24H22ClN3O5S. The first-order chi connectivity index (χ1) is 15.8. The molecular weight excluding hydrogens is 478 g/mol. The van der Waals surface area contributed by atoms with Crippen LogP contribution < -0.4 is 14.4 Å². The minimum atomic E-state index is -4.08. The number of hydrogen-bond donors (Lipinski definition) is 1. The molecule has 0 atom stereocenters. The van der Waals surface area contributed by atoms with Gasteiger partial charge in [0.05, 0.1) is 26.7 Å². The zero-order valence-electron chi connectivity index (χ0n) is 18.9. The molecule has 8 nitrogen and oxygen atoms in total. The lowest BCUT2D eigenvalue weighted by Crippen LogP contribution is -2.34. The Kier molecular flexibility index (Phi) is 5.65. The summed E-state index contributed by atoms with van der Waals surface area (Å²) in [6.45, 7) is 7.70. The van der Waals surface area contributed by atoms with Crippen molar-refractivity contribution < 1.29 is 22.7 Å². The molecule has 10 heteroatoms. The smallest absolute Gasteiger partial charge is 0.268 e. The molecule has 176 valence electrons. The van der Waals surface area contributed by atoms with Gasteiger partial charge in [-0.15, -0.1) is 0 Å². The van der Waals surface area contributed by atoms with Gasteiger partial charge in [-0.05, 0) is 48.2 Å². The highest BCUT2D eigenvalue weighted by molar-refractivity contribution is 7.92. The fraction of sp³-hybridized carbons (Fsp3) is 0.208. The number of aryl methyl sites for hydroxylation is 1. The predicted octanol–water partition coefficient (Wildman–Crippen LogP) is 4.18. The Labute approximate surface area is 202 Å². The Balaban J connectivity index is 1.75. The van der Waals surface area contributed by atoms with Gasteiger partial charge in [0.1, 0.15) is 5.69 Å². The lowest BCUT2D eigenvalue weighted by atomic mass is 9.87. The third-order valence-corrected chi connectivity index (χ3v) is 7.18. The van der Waals surface area contributed by atoms with Crippen LogP contribution in [-0.4, -0.2) is 20.2 Å². The summed E-state index contributed by atoms with van der Waals surface area (Å²) < 4.78 is 29.1. The molecule has 0 unspecified atom stereocenters. The van der Waals surface area contributed by atoms with Crippen LogP contribution in [0.15, 0.2) is 59.8 Å². The van der Waals surface area contributed by atoms with E-state index in [1.54, 1.807) is 19.1 Å². The van der Waals surface area contributed by atoms with Crippen molar-refractivity contribution in [1.82, 2.24) is 0 Å². The fourth-order valence-electron chi connectivity index (χ4n) is 3.78. The molecule has 0 saturated carbocycles. The molecule has 0 aliphatic carbocycles. The molecule has 0 saturated heterocycles. The minimum absolute atomic E-state index is 0.00362. The molecule has 1 aromatic heterocycles. The third kappa shape index (κ3) is 4.12. The summed E-state index contributed by atoms with van der Waals surface area (Å²) >= 11 is 6.22. The summed E-state index contributed by atoms with van der Waals surface area (Å²) in [5.41, 5.74) is 1.02. The van der Waals surface area contributed by atoms with E-state index in [2.05, 4.69) is 4.72 Å². The van der Waals surface area contributed by atoms with Gasteiger partial charge < -0.3 is 5.21 Å². The van der Waals surface area contributed by atoms with Crippen molar-refractivity contribution in [2.45, 2.75) is 38.0 Å². The number of rotatable bonds is 4. The molecule has 4 rings (SSSR count). The van der Waals surface area contributed by atoms with Crippen molar-refractivity contribution in [2.24, 2.45) is 0 Å². The van der Waals surface area contributed by atoms with Gasteiger partial charge in [0.15, 0.2) is 6.20 Å². The van der Waals surface area contributed by atoms with Crippen LogP contribution in [0.4, 0.5) is 11.4 Å². The second-order valence-electron chi connectivity index (χ2n) is 9.10. The van der Waals surface area contributed by atoms with E-state index in [1.165, 1.54) is 36.5 Å². The fourth-order valence-corrected chi connectivity index (χ4v) is 5.09. The predicted molar refractivity (Wildman–Crippen MR) is 129 cm³/mol. The maximum Gasteiger partial charge on any atom is 0.268 e. The largest absolute Gasteiger partial charge is 0.619 e. The molecule has 2 amide bonds. The summed E-state index contributed by atoms with van der Waals surface area (Å²) in [5.74, 6) is -1.53. The normalized spacial score (nSPS) is 13.9. The Morgan fingerprint density at radius 3 is 2.18 bits per heavy atom. The van der Waals surface area contributed by atoms with E-state index in [0.29, 0.717) is 10.3 Å². The van der Waals surface area contributed by atoms with E-state index < -0.39 is 21.8 Å². The molecule has 0 bridgehead atoms. The van der Waals surface area contributed by atoms with Crippen molar-refractivity contribution in [2.75, 3.05) is 9.62 Å². The van der Waals surface area contributed by atoms with Gasteiger partial charge in [0.2, 0.25) is 6.20 Å². The van der Waals surface area contributed by atoms with Crippen molar-refractivity contribution in [1.29, 1.82) is 0 Å². The number of hydrogen-bond acceptors (Lipinski definition) is 5. The van der Waals surface area contributed by atoms with Gasteiger partial charge in [-0.2, -0.15) is 4.73 Å². The Bertz CT molecular complexity index is 1420. The van der Waals surface area contributed by atoms with Crippen LogP contribution in [0, 0.1) is 12.1 Å². The van der Waals surface area contributed by atoms with E-state index in [4.69, 9.17) is 11.6 Å². The van der Waals surface area contributed by atoms with E-state index in [0.717, 1.165) is 16.7 Å². The molecule has 1 aliphatic heterocycles. The number of sulfonamides is 1. The number of fused-ring (bicyclic) bond motifs is 1. The van der Waals surface area contributed by atoms with E-state index in [1.807, 2.05) is 20.8 Å². The first-order valence-electron chi connectivity index (χ1n) is 10.3. The summed E-state index contributed by atoms with van der Waals surface area (Å²) in [7, 11) is -4.08. The summed E-state index contributed by atoms with van der Waals surface area (Å²) in [6.07, 6.45) is 2.38. The second-order valence-corrected chi connectivity index (χ2v) is 11.2. The molecule has 1 aliphatic rings. The van der Waals surface area contributed by atoms with Crippen LogP contribution in [0.5, 0.6) is 0 Å². The van der Waals surface area contributed by atoms with Crippen LogP contribution in [-0.2, 0) is 15.4 Å². The van der Waals surface area contributed by atoms with Gasteiger partial charge >= 0.3 is 0 Å². The number of amides is 2. The van der Waals surface area contributed by atoms with Crippen LogP contribution >= 0.6 is 11.6 Å². The van der Waals surface area contributed by atoms with E-state index >= 15 is 0 Å². The molecule has 0 fully saturated rings. The number of carbonyl (C=O) groups excluding carboxylic acids is 2. The molecule has 0 spiro atoms. The lowest BCUT2D eigenvalue weighted by Gasteiger charge is -2.19. The summed E-state index contributed by atoms with van der Waals surface area (Å²) in [4.78, 5) is 27.2. The van der Waals surface area contributed by atoms with Crippen molar-refractivity contribution in [3.63, 3.8) is 0 Å². The number of imide groups is 1. The van der Waals surface area contributed by atoms with Gasteiger partial charge in [-0.1, -0.05) is 44.5 Å². The highest BCUT2D eigenvalue weighted by Crippen LogP contribution is 2.37. The number of aromatic nitrogens is 1. The zero-order valence-corrected chi connectivity index (χ0v) is 20.5. The quantitative estimate of drug-likeness (QED) is 0.329. The molecule has 3 aromatic rings. The average Bonchev–Trinajstić information content (AvgIpc) is 3.00.